The third-order valence-corrected chi connectivity index (χ3v) is 3.64. The predicted octanol–water partition coefficient (Wildman–Crippen LogP) is 5.19. The second-order valence-corrected chi connectivity index (χ2v) is 5.18. The van der Waals surface area contributed by atoms with Crippen molar-refractivity contribution < 1.29 is 4.74 Å². The van der Waals surface area contributed by atoms with Gasteiger partial charge in [-0.15, -0.1) is 11.6 Å². The lowest BCUT2D eigenvalue weighted by molar-refractivity contribution is 0.242. The summed E-state index contributed by atoms with van der Waals surface area (Å²) in [4.78, 5) is 0. The van der Waals surface area contributed by atoms with Crippen LogP contribution in [-0.2, 0) is 0 Å². The second kappa shape index (κ2) is 6.90. The summed E-state index contributed by atoms with van der Waals surface area (Å²) >= 11 is 6.49. The highest BCUT2D eigenvalue weighted by molar-refractivity contribution is 6.21. The summed E-state index contributed by atoms with van der Waals surface area (Å²) in [6.45, 7) is 8.45. The van der Waals surface area contributed by atoms with E-state index in [-0.39, 0.29) is 11.5 Å². The van der Waals surface area contributed by atoms with E-state index in [2.05, 4.69) is 26.0 Å². The minimum atomic E-state index is 0.109. The highest BCUT2D eigenvalue weighted by Gasteiger charge is 2.17. The first-order valence-corrected chi connectivity index (χ1v) is 6.92. The maximum Gasteiger partial charge on any atom is 0.119 e. The molecule has 0 amide bonds. The van der Waals surface area contributed by atoms with E-state index in [0.29, 0.717) is 5.92 Å². The number of halogens is 1. The summed E-state index contributed by atoms with van der Waals surface area (Å²) in [5.41, 5.74) is 1.19. The van der Waals surface area contributed by atoms with Crippen LogP contribution in [0.15, 0.2) is 24.3 Å². The largest absolute Gasteiger partial charge is 0.491 e. The molecule has 1 nitrogen and oxygen atoms in total. The third kappa shape index (κ3) is 4.23. The van der Waals surface area contributed by atoms with Crippen LogP contribution in [0.4, 0.5) is 0 Å². The van der Waals surface area contributed by atoms with Gasteiger partial charge in [-0.2, -0.15) is 0 Å². The third-order valence-electron chi connectivity index (χ3n) is 3.03. The molecule has 0 saturated heterocycles. The molecule has 0 heterocycles. The Bertz CT molecular complexity index is 314. The van der Waals surface area contributed by atoms with Gasteiger partial charge in [-0.25, -0.2) is 0 Å². The minimum Gasteiger partial charge on any atom is -0.491 e. The molecule has 1 rings (SSSR count). The summed E-state index contributed by atoms with van der Waals surface area (Å²) < 4.78 is 5.62. The van der Waals surface area contributed by atoms with Gasteiger partial charge in [-0.1, -0.05) is 38.8 Å². The molecule has 0 bridgehead atoms. The molecule has 1 aromatic rings. The standard InChI is InChI=1S/C15H23ClO/c1-5-12(6-2)15(16)13-7-9-14(10-8-13)17-11(3)4/h7-12,15H,5-6H2,1-4H3. The van der Waals surface area contributed by atoms with Crippen molar-refractivity contribution in [3.05, 3.63) is 29.8 Å². The molecule has 0 radical (unpaired) electrons. The summed E-state index contributed by atoms with van der Waals surface area (Å²) in [5, 5.41) is 0.109. The van der Waals surface area contributed by atoms with Crippen molar-refractivity contribution in [3.8, 4) is 5.75 Å². The molecule has 2 heteroatoms. The molecule has 1 atom stereocenters. The van der Waals surface area contributed by atoms with Crippen LogP contribution >= 0.6 is 11.6 Å². The van der Waals surface area contributed by atoms with Crippen molar-refractivity contribution in [2.24, 2.45) is 5.92 Å². The summed E-state index contributed by atoms with van der Waals surface area (Å²) in [6, 6.07) is 8.17. The van der Waals surface area contributed by atoms with Gasteiger partial charge in [0.15, 0.2) is 0 Å². The van der Waals surface area contributed by atoms with Gasteiger partial charge in [0, 0.05) is 0 Å². The summed E-state index contributed by atoms with van der Waals surface area (Å²) in [7, 11) is 0. The van der Waals surface area contributed by atoms with Crippen LogP contribution in [0, 0.1) is 5.92 Å². The Morgan fingerprint density at radius 3 is 2.00 bits per heavy atom. The Balaban J connectivity index is 2.72. The van der Waals surface area contributed by atoms with Gasteiger partial charge < -0.3 is 4.74 Å². The molecule has 0 saturated carbocycles. The number of alkyl halides is 1. The molecule has 0 fully saturated rings. The normalized spacial score (nSPS) is 13.1. The zero-order chi connectivity index (χ0) is 12.8. The number of benzene rings is 1. The fourth-order valence-electron chi connectivity index (χ4n) is 1.98. The second-order valence-electron chi connectivity index (χ2n) is 4.71. The van der Waals surface area contributed by atoms with Crippen LogP contribution in [0.2, 0.25) is 0 Å². The molecule has 17 heavy (non-hydrogen) atoms. The lowest BCUT2D eigenvalue weighted by atomic mass is 9.94. The topological polar surface area (TPSA) is 9.23 Å². The van der Waals surface area contributed by atoms with E-state index in [1.807, 2.05) is 26.0 Å². The Labute approximate surface area is 110 Å². The van der Waals surface area contributed by atoms with Crippen molar-refractivity contribution >= 4 is 11.6 Å². The maximum atomic E-state index is 6.49. The Hall–Kier alpha value is -0.690. The van der Waals surface area contributed by atoms with E-state index in [0.717, 1.165) is 18.6 Å². The van der Waals surface area contributed by atoms with Gasteiger partial charge in [-0.05, 0) is 37.5 Å². The van der Waals surface area contributed by atoms with Gasteiger partial charge in [0.2, 0.25) is 0 Å². The molecule has 0 spiro atoms. The Kier molecular flexibility index (Phi) is 5.84. The van der Waals surface area contributed by atoms with E-state index in [4.69, 9.17) is 16.3 Å². The number of hydrogen-bond donors (Lipinski definition) is 0. The molecule has 96 valence electrons. The van der Waals surface area contributed by atoms with E-state index >= 15 is 0 Å². The molecular formula is C15H23ClO. The maximum absolute atomic E-state index is 6.49. The zero-order valence-electron chi connectivity index (χ0n) is 11.2. The molecule has 0 aliphatic carbocycles. The first kappa shape index (κ1) is 14.4. The molecule has 0 aliphatic rings. The van der Waals surface area contributed by atoms with Crippen LogP contribution in [0.3, 0.4) is 0 Å². The molecule has 1 unspecified atom stereocenters. The highest BCUT2D eigenvalue weighted by atomic mass is 35.5. The predicted molar refractivity (Wildman–Crippen MR) is 74.9 cm³/mol. The monoisotopic (exact) mass is 254 g/mol. The Morgan fingerprint density at radius 2 is 1.59 bits per heavy atom. The highest BCUT2D eigenvalue weighted by Crippen LogP contribution is 2.34. The quantitative estimate of drug-likeness (QED) is 0.635. The van der Waals surface area contributed by atoms with E-state index in [9.17, 15) is 0 Å². The average molecular weight is 255 g/mol. The van der Waals surface area contributed by atoms with Crippen LogP contribution in [0.25, 0.3) is 0 Å². The van der Waals surface area contributed by atoms with Crippen molar-refractivity contribution in [2.75, 3.05) is 0 Å². The number of rotatable bonds is 6. The first-order valence-electron chi connectivity index (χ1n) is 6.49. The van der Waals surface area contributed by atoms with Crippen molar-refractivity contribution in [3.63, 3.8) is 0 Å². The molecule has 0 N–H and O–H groups in total. The lowest BCUT2D eigenvalue weighted by Crippen LogP contribution is -2.07. The number of ether oxygens (including phenoxy) is 1. The van der Waals surface area contributed by atoms with Gasteiger partial charge in [0.25, 0.3) is 0 Å². The van der Waals surface area contributed by atoms with Crippen LogP contribution < -0.4 is 4.74 Å². The summed E-state index contributed by atoms with van der Waals surface area (Å²) in [5.74, 6) is 1.46. The van der Waals surface area contributed by atoms with Crippen LogP contribution in [-0.4, -0.2) is 6.10 Å². The fourth-order valence-corrected chi connectivity index (χ4v) is 2.48. The van der Waals surface area contributed by atoms with E-state index in [1.54, 1.807) is 0 Å². The van der Waals surface area contributed by atoms with E-state index in [1.165, 1.54) is 5.56 Å². The van der Waals surface area contributed by atoms with Crippen molar-refractivity contribution in [2.45, 2.75) is 52.0 Å². The van der Waals surface area contributed by atoms with Crippen molar-refractivity contribution in [1.29, 1.82) is 0 Å². The Morgan fingerprint density at radius 1 is 1.06 bits per heavy atom. The van der Waals surface area contributed by atoms with Crippen LogP contribution in [0.1, 0.15) is 51.5 Å². The smallest absolute Gasteiger partial charge is 0.119 e. The van der Waals surface area contributed by atoms with E-state index < -0.39 is 0 Å². The van der Waals surface area contributed by atoms with Gasteiger partial charge in [-0.3, -0.25) is 0 Å². The summed E-state index contributed by atoms with van der Waals surface area (Å²) in [6.07, 6.45) is 2.45. The minimum absolute atomic E-state index is 0.109. The molecular weight excluding hydrogens is 232 g/mol. The molecule has 0 aliphatic heterocycles. The van der Waals surface area contributed by atoms with Crippen molar-refractivity contribution in [1.82, 2.24) is 0 Å². The number of hydrogen-bond acceptors (Lipinski definition) is 1. The molecule has 0 aromatic heterocycles. The molecule has 1 aromatic carbocycles. The average Bonchev–Trinajstić information content (AvgIpc) is 2.30. The first-order chi connectivity index (χ1) is 8.08. The van der Waals surface area contributed by atoms with Gasteiger partial charge in [0.05, 0.1) is 11.5 Å². The lowest BCUT2D eigenvalue weighted by Gasteiger charge is -2.20. The van der Waals surface area contributed by atoms with Gasteiger partial charge >= 0.3 is 0 Å². The van der Waals surface area contributed by atoms with Crippen LogP contribution in [0.5, 0.6) is 5.75 Å². The SMILES string of the molecule is CCC(CC)C(Cl)c1ccc(OC(C)C)cc1. The fraction of sp³-hybridized carbons (Fsp3) is 0.600. The van der Waals surface area contributed by atoms with Gasteiger partial charge in [0.1, 0.15) is 5.75 Å². The zero-order valence-corrected chi connectivity index (χ0v) is 12.0.